The lowest BCUT2D eigenvalue weighted by Crippen LogP contribution is -2.34. The zero-order valence-corrected chi connectivity index (χ0v) is 18.4. The highest BCUT2D eigenvalue weighted by Crippen LogP contribution is 2.26. The number of anilines is 1. The van der Waals surface area contributed by atoms with Crippen LogP contribution in [0.4, 0.5) is 10.5 Å². The van der Waals surface area contributed by atoms with E-state index in [1.807, 2.05) is 24.3 Å². The van der Waals surface area contributed by atoms with Crippen LogP contribution in [0.2, 0.25) is 0 Å². The molecule has 0 heterocycles. The molecule has 0 unspecified atom stereocenters. The van der Waals surface area contributed by atoms with Crippen LogP contribution in [0.1, 0.15) is 71.3 Å². The van der Waals surface area contributed by atoms with Crippen molar-refractivity contribution < 1.29 is 19.1 Å². The third kappa shape index (κ3) is 9.29. The Morgan fingerprint density at radius 1 is 1.00 bits per heavy atom. The Morgan fingerprint density at radius 3 is 2.40 bits per heavy atom. The van der Waals surface area contributed by atoms with E-state index in [0.29, 0.717) is 24.6 Å². The molecule has 1 fully saturated rings. The maximum atomic E-state index is 12.3. The monoisotopic (exact) mass is 417 g/mol. The SMILES string of the molecule is CC(C)(C)OC(=O)NCCC(=O)Nc1ccccc1CNC(=O)CC1CCCCC1. The van der Waals surface area contributed by atoms with Gasteiger partial charge in [-0.1, -0.05) is 37.5 Å². The van der Waals surface area contributed by atoms with E-state index in [1.54, 1.807) is 20.8 Å². The standard InChI is InChI=1S/C23H35N3O4/c1-23(2,3)30-22(29)24-14-13-20(27)26-19-12-8-7-11-18(19)16-25-21(28)15-17-9-5-4-6-10-17/h7-8,11-12,17H,4-6,9-10,13-16H2,1-3H3,(H,24,29)(H,25,28)(H,26,27). The van der Waals surface area contributed by atoms with Crippen molar-refractivity contribution in [3.8, 4) is 0 Å². The molecule has 0 aromatic heterocycles. The molecule has 0 spiro atoms. The zero-order valence-electron chi connectivity index (χ0n) is 18.4. The Morgan fingerprint density at radius 2 is 1.70 bits per heavy atom. The molecule has 0 saturated heterocycles. The second-order valence-corrected chi connectivity index (χ2v) is 8.87. The summed E-state index contributed by atoms with van der Waals surface area (Å²) in [4.78, 5) is 36.2. The van der Waals surface area contributed by atoms with Gasteiger partial charge in [0.15, 0.2) is 0 Å². The Balaban J connectivity index is 1.76. The van der Waals surface area contributed by atoms with Gasteiger partial charge in [-0.15, -0.1) is 0 Å². The molecule has 0 radical (unpaired) electrons. The summed E-state index contributed by atoms with van der Waals surface area (Å²) < 4.78 is 5.14. The van der Waals surface area contributed by atoms with Crippen LogP contribution in [0, 0.1) is 5.92 Å². The van der Waals surface area contributed by atoms with Gasteiger partial charge in [-0.05, 0) is 51.2 Å². The number of carbonyl (C=O) groups excluding carboxylic acids is 3. The molecule has 2 rings (SSSR count). The van der Waals surface area contributed by atoms with Gasteiger partial charge < -0.3 is 20.7 Å². The van der Waals surface area contributed by atoms with Gasteiger partial charge in [0.25, 0.3) is 0 Å². The number of para-hydroxylation sites is 1. The van der Waals surface area contributed by atoms with E-state index in [-0.39, 0.29) is 24.8 Å². The van der Waals surface area contributed by atoms with E-state index in [0.717, 1.165) is 18.4 Å². The fourth-order valence-electron chi connectivity index (χ4n) is 3.52. The van der Waals surface area contributed by atoms with E-state index < -0.39 is 11.7 Å². The molecule has 1 aromatic carbocycles. The lowest BCUT2D eigenvalue weighted by Gasteiger charge is -2.21. The van der Waals surface area contributed by atoms with Gasteiger partial charge >= 0.3 is 6.09 Å². The number of hydrogen-bond donors (Lipinski definition) is 3. The molecule has 7 heteroatoms. The van der Waals surface area contributed by atoms with E-state index in [2.05, 4.69) is 16.0 Å². The molecule has 166 valence electrons. The van der Waals surface area contributed by atoms with Crippen LogP contribution >= 0.6 is 0 Å². The number of amides is 3. The van der Waals surface area contributed by atoms with E-state index in [1.165, 1.54) is 19.3 Å². The predicted octanol–water partition coefficient (Wildman–Crippen LogP) is 4.13. The summed E-state index contributed by atoms with van der Waals surface area (Å²) in [6.07, 6.45) is 6.14. The van der Waals surface area contributed by atoms with Gasteiger partial charge in [0.1, 0.15) is 5.60 Å². The molecular formula is C23H35N3O4. The molecule has 1 saturated carbocycles. The number of benzene rings is 1. The maximum Gasteiger partial charge on any atom is 0.407 e. The molecule has 0 aliphatic heterocycles. The third-order valence-electron chi connectivity index (χ3n) is 4.99. The van der Waals surface area contributed by atoms with Crippen LogP contribution in [-0.2, 0) is 20.9 Å². The number of ether oxygens (including phenoxy) is 1. The fraction of sp³-hybridized carbons (Fsp3) is 0.609. The second kappa shape index (κ2) is 11.6. The van der Waals surface area contributed by atoms with Gasteiger partial charge in [0.2, 0.25) is 11.8 Å². The van der Waals surface area contributed by atoms with Gasteiger partial charge in [-0.25, -0.2) is 4.79 Å². The highest BCUT2D eigenvalue weighted by molar-refractivity contribution is 5.92. The molecule has 1 aliphatic carbocycles. The van der Waals surface area contributed by atoms with E-state index in [9.17, 15) is 14.4 Å². The van der Waals surface area contributed by atoms with Crippen molar-refractivity contribution in [1.29, 1.82) is 0 Å². The van der Waals surface area contributed by atoms with Crippen LogP contribution in [-0.4, -0.2) is 30.1 Å². The molecule has 1 aromatic rings. The number of rotatable bonds is 8. The Bertz CT molecular complexity index is 721. The Kier molecular flexibility index (Phi) is 9.15. The number of alkyl carbamates (subject to hydrolysis) is 1. The lowest BCUT2D eigenvalue weighted by atomic mass is 9.87. The number of nitrogens with one attached hydrogen (secondary N) is 3. The highest BCUT2D eigenvalue weighted by Gasteiger charge is 2.18. The van der Waals surface area contributed by atoms with Crippen molar-refractivity contribution in [1.82, 2.24) is 10.6 Å². The minimum absolute atomic E-state index is 0.0598. The first kappa shape index (κ1) is 23.7. The van der Waals surface area contributed by atoms with Crippen molar-refractivity contribution >= 4 is 23.6 Å². The fourth-order valence-corrected chi connectivity index (χ4v) is 3.52. The van der Waals surface area contributed by atoms with Gasteiger partial charge in [-0.3, -0.25) is 9.59 Å². The topological polar surface area (TPSA) is 96.5 Å². The number of carbonyl (C=O) groups is 3. The Hall–Kier alpha value is -2.57. The van der Waals surface area contributed by atoms with Gasteiger partial charge in [0.05, 0.1) is 0 Å². The van der Waals surface area contributed by atoms with Crippen molar-refractivity contribution in [2.75, 3.05) is 11.9 Å². The second-order valence-electron chi connectivity index (χ2n) is 8.87. The molecule has 7 nitrogen and oxygen atoms in total. The van der Waals surface area contributed by atoms with Gasteiger partial charge in [-0.2, -0.15) is 0 Å². The average Bonchev–Trinajstić information content (AvgIpc) is 2.66. The van der Waals surface area contributed by atoms with Crippen molar-refractivity contribution in [3.63, 3.8) is 0 Å². The van der Waals surface area contributed by atoms with Crippen LogP contribution in [0.25, 0.3) is 0 Å². The summed E-state index contributed by atoms with van der Waals surface area (Å²) in [5.74, 6) is 0.336. The first-order chi connectivity index (χ1) is 14.2. The van der Waals surface area contributed by atoms with Crippen LogP contribution < -0.4 is 16.0 Å². The summed E-state index contributed by atoms with van der Waals surface area (Å²) in [7, 11) is 0. The first-order valence-corrected chi connectivity index (χ1v) is 10.8. The molecule has 30 heavy (non-hydrogen) atoms. The molecule has 3 amide bonds. The third-order valence-corrected chi connectivity index (χ3v) is 4.99. The van der Waals surface area contributed by atoms with Crippen LogP contribution in [0.3, 0.4) is 0 Å². The van der Waals surface area contributed by atoms with E-state index >= 15 is 0 Å². The molecular weight excluding hydrogens is 382 g/mol. The zero-order chi connectivity index (χ0) is 22.0. The molecule has 3 N–H and O–H groups in total. The predicted molar refractivity (Wildman–Crippen MR) is 117 cm³/mol. The maximum absolute atomic E-state index is 12.3. The molecule has 1 aliphatic rings. The summed E-state index contributed by atoms with van der Waals surface area (Å²) in [6, 6.07) is 7.40. The lowest BCUT2D eigenvalue weighted by molar-refractivity contribution is -0.122. The van der Waals surface area contributed by atoms with E-state index in [4.69, 9.17) is 4.74 Å². The van der Waals surface area contributed by atoms with Crippen molar-refractivity contribution in [3.05, 3.63) is 29.8 Å². The largest absolute Gasteiger partial charge is 0.444 e. The Labute approximate surface area is 179 Å². The minimum atomic E-state index is -0.577. The summed E-state index contributed by atoms with van der Waals surface area (Å²) >= 11 is 0. The summed E-state index contributed by atoms with van der Waals surface area (Å²) in [5, 5.41) is 8.40. The average molecular weight is 418 g/mol. The van der Waals surface area contributed by atoms with Crippen LogP contribution in [0.5, 0.6) is 0 Å². The summed E-state index contributed by atoms with van der Waals surface area (Å²) in [5.41, 5.74) is 0.938. The first-order valence-electron chi connectivity index (χ1n) is 10.8. The number of hydrogen-bond acceptors (Lipinski definition) is 4. The molecule has 0 bridgehead atoms. The molecule has 0 atom stereocenters. The van der Waals surface area contributed by atoms with Gasteiger partial charge in [0, 0.05) is 31.6 Å². The van der Waals surface area contributed by atoms with Crippen LogP contribution in [0.15, 0.2) is 24.3 Å². The van der Waals surface area contributed by atoms with Crippen molar-refractivity contribution in [2.24, 2.45) is 5.92 Å². The summed E-state index contributed by atoms with van der Waals surface area (Å²) in [6.45, 7) is 5.90. The normalized spacial score (nSPS) is 14.6. The smallest absolute Gasteiger partial charge is 0.407 e. The highest BCUT2D eigenvalue weighted by atomic mass is 16.6. The minimum Gasteiger partial charge on any atom is -0.444 e. The van der Waals surface area contributed by atoms with Crippen molar-refractivity contribution in [2.45, 2.75) is 77.9 Å². The quantitative estimate of drug-likeness (QED) is 0.593.